The van der Waals surface area contributed by atoms with Crippen LogP contribution in [0.2, 0.25) is 0 Å². The maximum absolute atomic E-state index is 13.7. The molecule has 152 valence electrons. The number of nitrogens with zero attached hydrogens (tertiary/aromatic N) is 2. The molecule has 5 aliphatic rings. The zero-order valence-electron chi connectivity index (χ0n) is 16.9. The Hall–Kier alpha value is -1.23. The second-order valence-electron chi connectivity index (χ2n) is 10.1. The van der Waals surface area contributed by atoms with Crippen LogP contribution in [0.15, 0.2) is 30.2 Å². The van der Waals surface area contributed by atoms with Crippen molar-refractivity contribution in [2.24, 2.45) is 28.6 Å². The number of amides is 1. The zero-order chi connectivity index (χ0) is 19.2. The molecule has 1 aromatic rings. The van der Waals surface area contributed by atoms with Gasteiger partial charge in [0.2, 0.25) is 5.91 Å². The maximum atomic E-state index is 13.7. The van der Waals surface area contributed by atoms with Crippen LogP contribution in [-0.4, -0.2) is 39.6 Å². The van der Waals surface area contributed by atoms with Gasteiger partial charge in [-0.15, -0.1) is 6.58 Å². The molecule has 5 heteroatoms. The third-order valence-corrected chi connectivity index (χ3v) is 9.07. The molecule has 4 aliphatic carbocycles. The molecule has 0 spiro atoms. The van der Waals surface area contributed by atoms with Crippen LogP contribution in [0.1, 0.15) is 57.8 Å². The van der Waals surface area contributed by atoms with Gasteiger partial charge in [-0.3, -0.25) is 4.79 Å². The number of thioether (sulfide) groups is 1. The highest BCUT2D eigenvalue weighted by Gasteiger charge is 2.60. The molecule has 1 N–H and O–H groups in total. The molecule has 1 aromatic heterocycles. The number of piperidine rings is 1. The molecule has 1 saturated heterocycles. The van der Waals surface area contributed by atoms with Gasteiger partial charge in [0.15, 0.2) is 5.16 Å². The summed E-state index contributed by atoms with van der Waals surface area (Å²) in [5.41, 5.74) is 0.210. The van der Waals surface area contributed by atoms with E-state index in [2.05, 4.69) is 27.5 Å². The van der Waals surface area contributed by atoms with Crippen molar-refractivity contribution in [2.75, 3.05) is 18.8 Å². The molecule has 0 radical (unpaired) electrons. The predicted octanol–water partition coefficient (Wildman–Crippen LogP) is 4.90. The Labute approximate surface area is 172 Å². The fourth-order valence-corrected chi connectivity index (χ4v) is 8.17. The summed E-state index contributed by atoms with van der Waals surface area (Å²) < 4.78 is 0. The Bertz CT molecular complexity index is 708. The molecule has 2 unspecified atom stereocenters. The molecule has 1 aliphatic heterocycles. The molecule has 0 aromatic carbocycles. The van der Waals surface area contributed by atoms with Gasteiger partial charge in [-0.2, -0.15) is 0 Å². The summed E-state index contributed by atoms with van der Waals surface area (Å²) in [4.78, 5) is 23.3. The topological polar surface area (TPSA) is 49.0 Å². The molecule has 4 bridgehead atoms. The lowest BCUT2D eigenvalue weighted by atomic mass is 9.44. The number of imidazole rings is 1. The molecule has 28 heavy (non-hydrogen) atoms. The van der Waals surface area contributed by atoms with Crippen LogP contribution in [0.5, 0.6) is 0 Å². The minimum absolute atomic E-state index is 0.0553. The smallest absolute Gasteiger partial charge is 0.228 e. The largest absolute Gasteiger partial charge is 0.342 e. The van der Waals surface area contributed by atoms with Crippen molar-refractivity contribution < 1.29 is 4.79 Å². The number of carbonyl (C=O) groups is 1. The Morgan fingerprint density at radius 2 is 2.04 bits per heavy atom. The Kier molecular flexibility index (Phi) is 4.85. The van der Waals surface area contributed by atoms with Crippen molar-refractivity contribution in [2.45, 2.75) is 62.9 Å². The molecular formula is C23H33N3OS. The minimum atomic E-state index is -0.0553. The SMILES string of the molecule is C=CC12C[C@H]3C[C@@H](C1)CC(C(=O)N1CCC(CCSc4ncc[nH]4)CC1)(C3)C2. The van der Waals surface area contributed by atoms with Crippen LogP contribution >= 0.6 is 11.8 Å². The van der Waals surface area contributed by atoms with E-state index in [1.807, 2.05) is 24.2 Å². The number of likely N-dealkylation sites (tertiary alicyclic amines) is 1. The third-order valence-electron chi connectivity index (χ3n) is 8.13. The summed E-state index contributed by atoms with van der Waals surface area (Å²) in [6.07, 6.45) is 16.8. The summed E-state index contributed by atoms with van der Waals surface area (Å²) in [5.74, 6) is 3.89. The molecule has 4 atom stereocenters. The summed E-state index contributed by atoms with van der Waals surface area (Å²) >= 11 is 1.81. The van der Waals surface area contributed by atoms with Gasteiger partial charge in [-0.1, -0.05) is 17.8 Å². The highest BCUT2D eigenvalue weighted by molar-refractivity contribution is 7.99. The molecule has 5 fully saturated rings. The quantitative estimate of drug-likeness (QED) is 0.546. The standard InChI is InChI=1S/C23H33N3OS/c1-2-22-12-18-11-19(13-22)15-23(14-18,16-22)20(27)26-8-3-17(4-9-26)5-10-28-21-24-6-7-25-21/h2,6-7,17-19H,1,3-5,8-16H2,(H,24,25)/t18-,19+,22?,23?. The Balaban J connectivity index is 1.17. The molecule has 6 rings (SSSR count). The van der Waals surface area contributed by atoms with E-state index in [0.29, 0.717) is 5.91 Å². The number of rotatable bonds is 6. The number of hydrogen-bond acceptors (Lipinski definition) is 3. The second-order valence-corrected chi connectivity index (χ2v) is 11.2. The van der Waals surface area contributed by atoms with Gasteiger partial charge in [-0.25, -0.2) is 4.98 Å². The number of allylic oxidation sites excluding steroid dienone is 1. The molecule has 1 amide bonds. The van der Waals surface area contributed by atoms with Gasteiger partial charge in [0, 0.05) is 31.2 Å². The van der Waals surface area contributed by atoms with Gasteiger partial charge >= 0.3 is 0 Å². The van der Waals surface area contributed by atoms with Crippen molar-refractivity contribution >= 4 is 17.7 Å². The normalized spacial score (nSPS) is 37.4. The number of carbonyl (C=O) groups excluding carboxylic acids is 1. The first-order chi connectivity index (χ1) is 13.6. The number of nitrogens with one attached hydrogen (secondary N) is 1. The summed E-state index contributed by atoms with van der Waals surface area (Å²) in [7, 11) is 0. The third kappa shape index (κ3) is 3.34. The molecule has 4 saturated carbocycles. The number of H-pyrrole nitrogens is 1. The first-order valence-electron chi connectivity index (χ1n) is 11.1. The molecular weight excluding hydrogens is 366 g/mol. The second kappa shape index (κ2) is 7.23. The van der Waals surface area contributed by atoms with E-state index in [1.54, 1.807) is 0 Å². The van der Waals surface area contributed by atoms with Gasteiger partial charge < -0.3 is 9.88 Å². The van der Waals surface area contributed by atoms with Crippen LogP contribution in [0.3, 0.4) is 0 Å². The number of aromatic nitrogens is 2. The van der Waals surface area contributed by atoms with E-state index in [-0.39, 0.29) is 10.8 Å². The van der Waals surface area contributed by atoms with Gasteiger partial charge in [0.1, 0.15) is 0 Å². The van der Waals surface area contributed by atoms with Crippen molar-refractivity contribution in [3.63, 3.8) is 0 Å². The van der Waals surface area contributed by atoms with Crippen molar-refractivity contribution in [3.05, 3.63) is 25.0 Å². The van der Waals surface area contributed by atoms with Crippen LogP contribution < -0.4 is 0 Å². The molecule has 4 nitrogen and oxygen atoms in total. The van der Waals surface area contributed by atoms with E-state index in [1.165, 1.54) is 38.5 Å². The monoisotopic (exact) mass is 399 g/mol. The van der Waals surface area contributed by atoms with Crippen LogP contribution in [0.4, 0.5) is 0 Å². The number of hydrogen-bond donors (Lipinski definition) is 1. The van der Waals surface area contributed by atoms with Gasteiger partial charge in [0.25, 0.3) is 0 Å². The lowest BCUT2D eigenvalue weighted by Gasteiger charge is -2.61. The lowest BCUT2D eigenvalue weighted by molar-refractivity contribution is -0.164. The first kappa shape index (κ1) is 18.8. The first-order valence-corrected chi connectivity index (χ1v) is 12.1. The van der Waals surface area contributed by atoms with Crippen molar-refractivity contribution in [1.82, 2.24) is 14.9 Å². The fourth-order valence-electron chi connectivity index (χ4n) is 7.23. The summed E-state index contributed by atoms with van der Waals surface area (Å²) in [6.45, 7) is 6.11. The average Bonchev–Trinajstić information content (AvgIpc) is 3.20. The highest BCUT2D eigenvalue weighted by Crippen LogP contribution is 2.66. The predicted molar refractivity (Wildman–Crippen MR) is 113 cm³/mol. The van der Waals surface area contributed by atoms with E-state index in [0.717, 1.165) is 61.0 Å². The minimum Gasteiger partial charge on any atom is -0.342 e. The number of aromatic amines is 1. The maximum Gasteiger partial charge on any atom is 0.228 e. The van der Waals surface area contributed by atoms with Gasteiger partial charge in [0.05, 0.1) is 5.41 Å². The van der Waals surface area contributed by atoms with E-state index in [4.69, 9.17) is 0 Å². The van der Waals surface area contributed by atoms with Crippen molar-refractivity contribution in [1.29, 1.82) is 0 Å². The summed E-state index contributed by atoms with van der Waals surface area (Å²) in [6, 6.07) is 0. The summed E-state index contributed by atoms with van der Waals surface area (Å²) in [5, 5.41) is 1.02. The van der Waals surface area contributed by atoms with Crippen LogP contribution in [-0.2, 0) is 4.79 Å². The van der Waals surface area contributed by atoms with E-state index < -0.39 is 0 Å². The molecule has 2 heterocycles. The van der Waals surface area contributed by atoms with E-state index >= 15 is 0 Å². The lowest BCUT2D eigenvalue weighted by Crippen LogP contribution is -2.58. The zero-order valence-corrected chi connectivity index (χ0v) is 17.7. The fraction of sp³-hybridized carbons (Fsp3) is 0.739. The Morgan fingerprint density at radius 3 is 2.68 bits per heavy atom. The van der Waals surface area contributed by atoms with E-state index in [9.17, 15) is 4.79 Å². The van der Waals surface area contributed by atoms with Gasteiger partial charge in [-0.05, 0) is 81.0 Å². The highest BCUT2D eigenvalue weighted by atomic mass is 32.2. The van der Waals surface area contributed by atoms with Crippen LogP contribution in [0, 0.1) is 28.6 Å². The van der Waals surface area contributed by atoms with Crippen LogP contribution in [0.25, 0.3) is 0 Å². The van der Waals surface area contributed by atoms with Crippen molar-refractivity contribution in [3.8, 4) is 0 Å². The average molecular weight is 400 g/mol. The Morgan fingerprint density at radius 1 is 1.29 bits per heavy atom.